The normalized spacial score (nSPS) is 9.95. The predicted molar refractivity (Wildman–Crippen MR) is 76.4 cm³/mol. The number of carbonyl (C=O) groups excluding carboxylic acids is 1. The standard InChI is InChI=1S/C16H17NO2/c1-19-16(18)14-8-5-9-15(12-14)17-11-10-13-6-3-2-4-7-13/h2-9,12,17H,10-11H2,1H3. The molecule has 0 aliphatic heterocycles. The molecule has 3 heteroatoms. The van der Waals surface area contributed by atoms with Gasteiger partial charge in [0.2, 0.25) is 0 Å². The van der Waals surface area contributed by atoms with Crippen LogP contribution in [0.5, 0.6) is 0 Å². The van der Waals surface area contributed by atoms with Crippen molar-refractivity contribution in [2.75, 3.05) is 19.0 Å². The highest BCUT2D eigenvalue weighted by molar-refractivity contribution is 5.90. The van der Waals surface area contributed by atoms with Crippen molar-refractivity contribution in [1.82, 2.24) is 0 Å². The van der Waals surface area contributed by atoms with Gasteiger partial charge < -0.3 is 10.1 Å². The van der Waals surface area contributed by atoms with Crippen molar-refractivity contribution in [2.24, 2.45) is 0 Å². The van der Waals surface area contributed by atoms with Crippen molar-refractivity contribution in [3.8, 4) is 0 Å². The summed E-state index contributed by atoms with van der Waals surface area (Å²) in [6.45, 7) is 0.828. The summed E-state index contributed by atoms with van der Waals surface area (Å²) >= 11 is 0. The Morgan fingerprint density at radius 3 is 2.63 bits per heavy atom. The lowest BCUT2D eigenvalue weighted by molar-refractivity contribution is 0.0601. The maximum absolute atomic E-state index is 11.4. The van der Waals surface area contributed by atoms with E-state index in [-0.39, 0.29) is 5.97 Å². The Hall–Kier alpha value is -2.29. The van der Waals surface area contributed by atoms with Crippen molar-refractivity contribution in [3.63, 3.8) is 0 Å². The zero-order chi connectivity index (χ0) is 13.5. The smallest absolute Gasteiger partial charge is 0.337 e. The Morgan fingerprint density at radius 1 is 1.11 bits per heavy atom. The minimum absolute atomic E-state index is 0.313. The van der Waals surface area contributed by atoms with E-state index in [2.05, 4.69) is 17.4 Å². The summed E-state index contributed by atoms with van der Waals surface area (Å²) in [5, 5.41) is 3.30. The lowest BCUT2D eigenvalue weighted by Crippen LogP contribution is -2.06. The minimum atomic E-state index is -0.313. The van der Waals surface area contributed by atoms with Crippen LogP contribution in [-0.4, -0.2) is 19.6 Å². The second-order valence-electron chi connectivity index (χ2n) is 4.23. The minimum Gasteiger partial charge on any atom is -0.465 e. The number of rotatable bonds is 5. The average molecular weight is 255 g/mol. The fraction of sp³-hybridized carbons (Fsp3) is 0.188. The molecule has 0 saturated carbocycles. The molecule has 0 radical (unpaired) electrons. The van der Waals surface area contributed by atoms with Crippen LogP contribution < -0.4 is 5.32 Å². The van der Waals surface area contributed by atoms with Gasteiger partial charge in [-0.25, -0.2) is 4.79 Å². The van der Waals surface area contributed by atoms with Crippen LogP contribution in [0.1, 0.15) is 15.9 Å². The van der Waals surface area contributed by atoms with E-state index in [4.69, 9.17) is 4.74 Å². The van der Waals surface area contributed by atoms with E-state index in [0.717, 1.165) is 18.7 Å². The molecule has 0 atom stereocenters. The lowest BCUT2D eigenvalue weighted by atomic mass is 10.1. The van der Waals surface area contributed by atoms with Crippen molar-refractivity contribution in [2.45, 2.75) is 6.42 Å². The molecule has 3 nitrogen and oxygen atoms in total. The Balaban J connectivity index is 1.91. The van der Waals surface area contributed by atoms with Crippen molar-refractivity contribution in [3.05, 3.63) is 65.7 Å². The second kappa shape index (κ2) is 6.59. The molecule has 0 fully saturated rings. The largest absolute Gasteiger partial charge is 0.465 e. The molecule has 0 aromatic heterocycles. The maximum atomic E-state index is 11.4. The zero-order valence-corrected chi connectivity index (χ0v) is 10.9. The molecule has 2 aromatic rings. The van der Waals surface area contributed by atoms with Crippen molar-refractivity contribution >= 4 is 11.7 Å². The Kier molecular flexibility index (Phi) is 4.56. The van der Waals surface area contributed by atoms with E-state index >= 15 is 0 Å². The Morgan fingerprint density at radius 2 is 1.89 bits per heavy atom. The van der Waals surface area contributed by atoms with Gasteiger partial charge in [0.1, 0.15) is 0 Å². The number of hydrogen-bond donors (Lipinski definition) is 1. The van der Waals surface area contributed by atoms with E-state index in [1.165, 1.54) is 12.7 Å². The van der Waals surface area contributed by atoms with E-state index in [0.29, 0.717) is 5.56 Å². The summed E-state index contributed by atoms with van der Waals surface area (Å²) in [6.07, 6.45) is 0.948. The molecule has 98 valence electrons. The highest BCUT2D eigenvalue weighted by Crippen LogP contribution is 2.11. The first-order valence-electron chi connectivity index (χ1n) is 6.26. The molecule has 0 aliphatic carbocycles. The first kappa shape index (κ1) is 13.1. The summed E-state index contributed by atoms with van der Waals surface area (Å²) in [6, 6.07) is 17.6. The molecule has 2 aromatic carbocycles. The topological polar surface area (TPSA) is 38.3 Å². The summed E-state index contributed by atoms with van der Waals surface area (Å²) in [4.78, 5) is 11.4. The fourth-order valence-electron chi connectivity index (χ4n) is 1.87. The van der Waals surface area contributed by atoms with Crippen LogP contribution in [0.3, 0.4) is 0 Å². The van der Waals surface area contributed by atoms with Gasteiger partial charge >= 0.3 is 5.97 Å². The molecule has 0 unspecified atom stereocenters. The second-order valence-corrected chi connectivity index (χ2v) is 4.23. The molecule has 0 aliphatic rings. The van der Waals surface area contributed by atoms with Gasteiger partial charge in [-0.15, -0.1) is 0 Å². The lowest BCUT2D eigenvalue weighted by Gasteiger charge is -2.07. The third-order valence-electron chi connectivity index (χ3n) is 2.87. The molecule has 0 heterocycles. The van der Waals surface area contributed by atoms with E-state index in [1.807, 2.05) is 30.3 Å². The molecule has 2 rings (SSSR count). The van der Waals surface area contributed by atoms with E-state index in [1.54, 1.807) is 12.1 Å². The number of carbonyl (C=O) groups is 1. The van der Waals surface area contributed by atoms with Crippen LogP contribution in [0.15, 0.2) is 54.6 Å². The molecule has 0 bridgehead atoms. The van der Waals surface area contributed by atoms with Crippen molar-refractivity contribution < 1.29 is 9.53 Å². The van der Waals surface area contributed by atoms with Crippen LogP contribution in [0, 0.1) is 0 Å². The SMILES string of the molecule is COC(=O)c1cccc(NCCc2ccccc2)c1. The Labute approximate surface area is 113 Å². The number of nitrogens with one attached hydrogen (secondary N) is 1. The van der Waals surface area contributed by atoms with E-state index < -0.39 is 0 Å². The van der Waals surface area contributed by atoms with Crippen LogP contribution in [0.2, 0.25) is 0 Å². The van der Waals surface area contributed by atoms with E-state index in [9.17, 15) is 4.79 Å². The highest BCUT2D eigenvalue weighted by atomic mass is 16.5. The van der Waals surface area contributed by atoms with Crippen LogP contribution in [-0.2, 0) is 11.2 Å². The molecule has 1 N–H and O–H groups in total. The van der Waals surface area contributed by atoms with Crippen LogP contribution in [0.4, 0.5) is 5.69 Å². The molecule has 0 saturated heterocycles. The van der Waals surface area contributed by atoms with Crippen molar-refractivity contribution in [1.29, 1.82) is 0 Å². The Bertz CT molecular complexity index is 537. The summed E-state index contributed by atoms with van der Waals surface area (Å²) in [7, 11) is 1.39. The average Bonchev–Trinajstić information content (AvgIpc) is 2.48. The third kappa shape index (κ3) is 3.85. The molecular formula is C16H17NO2. The fourth-order valence-corrected chi connectivity index (χ4v) is 1.87. The first-order valence-corrected chi connectivity index (χ1v) is 6.26. The number of esters is 1. The highest BCUT2D eigenvalue weighted by Gasteiger charge is 2.04. The molecule has 0 amide bonds. The summed E-state index contributed by atoms with van der Waals surface area (Å²) in [5.41, 5.74) is 2.78. The van der Waals surface area contributed by atoms with Gasteiger partial charge in [-0.1, -0.05) is 36.4 Å². The van der Waals surface area contributed by atoms with Gasteiger partial charge in [0.25, 0.3) is 0 Å². The van der Waals surface area contributed by atoms with Gasteiger partial charge in [-0.3, -0.25) is 0 Å². The zero-order valence-electron chi connectivity index (χ0n) is 10.9. The van der Waals surface area contributed by atoms with Gasteiger partial charge in [0.15, 0.2) is 0 Å². The van der Waals surface area contributed by atoms with Gasteiger partial charge in [0.05, 0.1) is 12.7 Å². The third-order valence-corrected chi connectivity index (χ3v) is 2.87. The number of benzene rings is 2. The molecule has 19 heavy (non-hydrogen) atoms. The van der Waals surface area contributed by atoms with Crippen LogP contribution >= 0.6 is 0 Å². The van der Waals surface area contributed by atoms with Gasteiger partial charge in [0, 0.05) is 12.2 Å². The van der Waals surface area contributed by atoms with Crippen LogP contribution in [0.25, 0.3) is 0 Å². The van der Waals surface area contributed by atoms with Gasteiger partial charge in [-0.2, -0.15) is 0 Å². The quantitative estimate of drug-likeness (QED) is 0.834. The number of methoxy groups -OCH3 is 1. The van der Waals surface area contributed by atoms with Gasteiger partial charge in [-0.05, 0) is 30.2 Å². The molecule has 0 spiro atoms. The molecular weight excluding hydrogens is 238 g/mol. The number of anilines is 1. The number of ether oxygens (including phenoxy) is 1. The summed E-state index contributed by atoms with van der Waals surface area (Å²) < 4.78 is 4.70. The maximum Gasteiger partial charge on any atom is 0.337 e. The first-order chi connectivity index (χ1) is 9.29. The summed E-state index contributed by atoms with van der Waals surface area (Å²) in [5.74, 6) is -0.313. The monoisotopic (exact) mass is 255 g/mol. The number of hydrogen-bond acceptors (Lipinski definition) is 3. The predicted octanol–water partition coefficient (Wildman–Crippen LogP) is 3.13.